The van der Waals surface area contributed by atoms with Gasteiger partial charge < -0.3 is 19.5 Å². The molecule has 32 heavy (non-hydrogen) atoms. The number of nitrogens with zero attached hydrogens (tertiary/aromatic N) is 1. The van der Waals surface area contributed by atoms with Gasteiger partial charge in [0.15, 0.2) is 0 Å². The van der Waals surface area contributed by atoms with Gasteiger partial charge in [0.25, 0.3) is 11.7 Å². The molecular formula is C24H20ClNO5S. The minimum Gasteiger partial charge on any atom is -0.507 e. The van der Waals surface area contributed by atoms with Gasteiger partial charge in [-0.3, -0.25) is 9.59 Å². The van der Waals surface area contributed by atoms with Crippen molar-refractivity contribution in [2.45, 2.75) is 12.6 Å². The number of aliphatic hydroxyl groups is 1. The number of ether oxygens (including phenoxy) is 2. The monoisotopic (exact) mass is 469 g/mol. The maximum Gasteiger partial charge on any atom is 0.295 e. The van der Waals surface area contributed by atoms with Crippen LogP contribution in [0.1, 0.15) is 22.0 Å². The highest BCUT2D eigenvalue weighted by molar-refractivity contribution is 7.10. The predicted molar refractivity (Wildman–Crippen MR) is 123 cm³/mol. The zero-order valence-corrected chi connectivity index (χ0v) is 18.9. The number of thiophene rings is 1. The lowest BCUT2D eigenvalue weighted by Gasteiger charge is -2.25. The van der Waals surface area contributed by atoms with Crippen molar-refractivity contribution in [2.75, 3.05) is 14.2 Å². The van der Waals surface area contributed by atoms with Crippen molar-refractivity contribution >= 4 is 40.4 Å². The lowest BCUT2D eigenvalue weighted by molar-refractivity contribution is -0.140. The van der Waals surface area contributed by atoms with Crippen LogP contribution in [0.25, 0.3) is 5.76 Å². The number of ketones is 1. The summed E-state index contributed by atoms with van der Waals surface area (Å²) in [6.45, 7) is 0.150. The summed E-state index contributed by atoms with van der Waals surface area (Å²) in [5.74, 6) is -0.664. The molecule has 1 unspecified atom stereocenters. The molecule has 1 aliphatic rings. The van der Waals surface area contributed by atoms with Crippen molar-refractivity contribution in [2.24, 2.45) is 0 Å². The summed E-state index contributed by atoms with van der Waals surface area (Å²) in [5.41, 5.74) is 1.10. The number of carbonyl (C=O) groups is 2. The van der Waals surface area contributed by atoms with Crippen molar-refractivity contribution in [1.29, 1.82) is 0 Å². The van der Waals surface area contributed by atoms with Gasteiger partial charge in [-0.1, -0.05) is 35.9 Å². The zero-order valence-electron chi connectivity index (χ0n) is 17.4. The lowest BCUT2D eigenvalue weighted by atomic mass is 9.99. The number of methoxy groups -OCH3 is 2. The van der Waals surface area contributed by atoms with Gasteiger partial charge in [0.05, 0.1) is 37.4 Å². The number of hydrogen-bond acceptors (Lipinski definition) is 6. The van der Waals surface area contributed by atoms with Gasteiger partial charge in [0.2, 0.25) is 0 Å². The fourth-order valence-electron chi connectivity index (χ4n) is 3.77. The van der Waals surface area contributed by atoms with Crippen molar-refractivity contribution < 1.29 is 24.2 Å². The molecule has 0 saturated carbocycles. The molecule has 0 radical (unpaired) electrons. The summed E-state index contributed by atoms with van der Waals surface area (Å²) < 4.78 is 10.6. The van der Waals surface area contributed by atoms with Crippen LogP contribution in [-0.2, 0) is 16.1 Å². The van der Waals surface area contributed by atoms with Crippen molar-refractivity contribution in [3.63, 3.8) is 0 Å². The first-order valence-corrected chi connectivity index (χ1v) is 11.0. The molecule has 164 valence electrons. The molecule has 0 spiro atoms. The predicted octanol–water partition coefficient (Wildman–Crippen LogP) is 5.04. The largest absolute Gasteiger partial charge is 0.507 e. The summed E-state index contributed by atoms with van der Waals surface area (Å²) in [7, 11) is 3.04. The molecule has 1 N–H and O–H groups in total. The van der Waals surface area contributed by atoms with E-state index in [1.54, 1.807) is 25.3 Å². The van der Waals surface area contributed by atoms with Crippen LogP contribution in [0.4, 0.5) is 0 Å². The Hall–Kier alpha value is -3.29. The number of para-hydroxylation sites is 1. The minimum atomic E-state index is -0.747. The number of hydrogen-bond donors (Lipinski definition) is 1. The summed E-state index contributed by atoms with van der Waals surface area (Å²) in [5, 5.41) is 13.3. The Balaban J connectivity index is 1.83. The molecule has 1 aromatic heterocycles. The Morgan fingerprint density at radius 1 is 1.06 bits per heavy atom. The molecule has 1 saturated heterocycles. The van der Waals surface area contributed by atoms with E-state index < -0.39 is 17.7 Å². The third-order valence-corrected chi connectivity index (χ3v) is 6.53. The molecule has 1 fully saturated rings. The first kappa shape index (κ1) is 21.9. The Bertz CT molecular complexity index is 1200. The smallest absolute Gasteiger partial charge is 0.295 e. The first-order chi connectivity index (χ1) is 15.5. The number of amides is 1. The van der Waals surface area contributed by atoms with Crippen LogP contribution in [0.2, 0.25) is 5.02 Å². The van der Waals surface area contributed by atoms with E-state index in [1.807, 2.05) is 35.7 Å². The topological polar surface area (TPSA) is 76.1 Å². The quantitative estimate of drug-likeness (QED) is 0.311. The maximum atomic E-state index is 13.1. The van der Waals surface area contributed by atoms with Crippen molar-refractivity contribution in [1.82, 2.24) is 4.90 Å². The van der Waals surface area contributed by atoms with Crippen molar-refractivity contribution in [3.05, 3.63) is 86.6 Å². The fraction of sp³-hybridized carbons (Fsp3) is 0.167. The molecule has 0 aliphatic carbocycles. The van der Waals surface area contributed by atoms with Gasteiger partial charge in [-0.05, 0) is 35.7 Å². The molecule has 1 aliphatic heterocycles. The number of rotatable bonds is 6. The standard InChI is InChI=1S/C24H20ClNO5S/c1-30-17-7-4-3-6-15(17)13-26-21(19-8-5-11-32-19)20(23(28)24(26)29)22(27)14-9-10-18(31-2)16(25)12-14/h3-12,21,27H,13H2,1-2H3/b22-20-. The summed E-state index contributed by atoms with van der Waals surface area (Å²) >= 11 is 7.62. The Morgan fingerprint density at radius 3 is 2.47 bits per heavy atom. The van der Waals surface area contributed by atoms with Crippen LogP contribution in [0.5, 0.6) is 11.5 Å². The average Bonchev–Trinajstić information content (AvgIpc) is 3.41. The molecule has 6 nitrogen and oxygen atoms in total. The molecule has 4 rings (SSSR count). The van der Waals surface area contributed by atoms with Crippen LogP contribution in [-0.4, -0.2) is 35.9 Å². The van der Waals surface area contributed by atoms with Gasteiger partial charge in [0.1, 0.15) is 17.3 Å². The molecule has 1 atom stereocenters. The number of aliphatic hydroxyl groups excluding tert-OH is 1. The number of likely N-dealkylation sites (tertiary alicyclic amines) is 1. The number of halogens is 1. The molecule has 2 heterocycles. The summed E-state index contributed by atoms with van der Waals surface area (Å²) in [4.78, 5) is 28.4. The van der Waals surface area contributed by atoms with E-state index in [0.29, 0.717) is 17.1 Å². The molecule has 2 aromatic carbocycles. The van der Waals surface area contributed by atoms with Gasteiger partial charge in [-0.2, -0.15) is 0 Å². The Kier molecular flexibility index (Phi) is 6.21. The van der Waals surface area contributed by atoms with E-state index in [1.165, 1.54) is 29.4 Å². The minimum absolute atomic E-state index is 0.0218. The van der Waals surface area contributed by atoms with E-state index in [4.69, 9.17) is 21.1 Å². The number of benzene rings is 2. The van der Waals surface area contributed by atoms with Crippen molar-refractivity contribution in [3.8, 4) is 11.5 Å². The van der Waals surface area contributed by atoms with Crippen LogP contribution in [0.3, 0.4) is 0 Å². The van der Waals surface area contributed by atoms with E-state index in [0.717, 1.165) is 10.4 Å². The highest BCUT2D eigenvalue weighted by atomic mass is 35.5. The number of Topliss-reactive ketones (excluding diaryl/α,β-unsaturated/α-hetero) is 1. The van der Waals surface area contributed by atoms with Gasteiger partial charge in [0, 0.05) is 16.0 Å². The van der Waals surface area contributed by atoms with E-state index >= 15 is 0 Å². The lowest BCUT2D eigenvalue weighted by Crippen LogP contribution is -2.29. The van der Waals surface area contributed by atoms with Crippen LogP contribution in [0, 0.1) is 0 Å². The molecule has 0 bridgehead atoms. The zero-order chi connectivity index (χ0) is 22.8. The third-order valence-electron chi connectivity index (χ3n) is 5.31. The maximum absolute atomic E-state index is 13.1. The van der Waals surface area contributed by atoms with Gasteiger partial charge >= 0.3 is 0 Å². The fourth-order valence-corrected chi connectivity index (χ4v) is 4.88. The summed E-state index contributed by atoms with van der Waals surface area (Å²) in [6, 6.07) is 15.0. The van der Waals surface area contributed by atoms with Gasteiger partial charge in [-0.15, -0.1) is 11.3 Å². The highest BCUT2D eigenvalue weighted by Crippen LogP contribution is 2.43. The summed E-state index contributed by atoms with van der Waals surface area (Å²) in [6.07, 6.45) is 0. The van der Waals surface area contributed by atoms with E-state index in [-0.39, 0.29) is 22.9 Å². The molecule has 1 amide bonds. The molecule has 8 heteroatoms. The first-order valence-electron chi connectivity index (χ1n) is 9.74. The average molecular weight is 470 g/mol. The SMILES string of the molecule is COc1ccc(/C(O)=C2/C(=O)C(=O)N(Cc3ccccc3OC)C2c2cccs2)cc1Cl. The second kappa shape index (κ2) is 9.06. The Morgan fingerprint density at radius 2 is 1.81 bits per heavy atom. The second-order valence-corrected chi connectivity index (χ2v) is 8.49. The molecular weight excluding hydrogens is 450 g/mol. The number of carbonyl (C=O) groups excluding carboxylic acids is 2. The van der Waals surface area contributed by atoms with E-state index in [2.05, 4.69) is 0 Å². The molecule has 3 aromatic rings. The van der Waals surface area contributed by atoms with E-state index in [9.17, 15) is 14.7 Å². The van der Waals surface area contributed by atoms with Crippen LogP contribution in [0.15, 0.2) is 65.6 Å². The highest BCUT2D eigenvalue weighted by Gasteiger charge is 2.46. The van der Waals surface area contributed by atoms with Gasteiger partial charge in [-0.25, -0.2) is 0 Å². The second-order valence-electron chi connectivity index (χ2n) is 7.10. The third kappa shape index (κ3) is 3.85. The normalized spacial score (nSPS) is 17.6. The van der Waals surface area contributed by atoms with Crippen LogP contribution >= 0.6 is 22.9 Å². The van der Waals surface area contributed by atoms with Crippen LogP contribution < -0.4 is 9.47 Å². The Labute approximate surface area is 194 Å².